The maximum atomic E-state index is 12.4. The quantitative estimate of drug-likeness (QED) is 0.155. The number of alkyl halides is 9. The van der Waals surface area contributed by atoms with Crippen LogP contribution in [0.25, 0.3) is 0 Å². The van der Waals surface area contributed by atoms with Gasteiger partial charge in [-0.3, -0.25) is 0 Å². The Hall–Kier alpha value is -1.32. The van der Waals surface area contributed by atoms with E-state index in [0.29, 0.717) is 0 Å². The summed E-state index contributed by atoms with van der Waals surface area (Å²) in [4.78, 5) is 11.2. The van der Waals surface area contributed by atoms with Gasteiger partial charge in [0, 0.05) is 11.6 Å². The number of carbonyl (C=O) groups excluding carboxylic acids is 1. The second-order valence-electron chi connectivity index (χ2n) is 5.41. The molecule has 0 amide bonds. The van der Waals surface area contributed by atoms with Crippen molar-refractivity contribution in [3.05, 3.63) is 12.2 Å². The van der Waals surface area contributed by atoms with Gasteiger partial charge in [-0.15, -0.1) is 0 Å². The Morgan fingerprint density at radius 1 is 0.821 bits per heavy atom. The van der Waals surface area contributed by atoms with Gasteiger partial charge in [0.2, 0.25) is 0 Å². The average Bonchev–Trinajstić information content (AvgIpc) is 2.49. The molecule has 5 nitrogen and oxygen atoms in total. The molecule has 0 bridgehead atoms. The minimum atomic E-state index is -5.10. The molecule has 0 radical (unpaired) electrons. The number of hydrogen-bond acceptors (Lipinski definition) is 5. The number of rotatable bonds is 11. The van der Waals surface area contributed by atoms with Crippen LogP contribution in [0.2, 0.25) is 6.04 Å². The zero-order valence-corrected chi connectivity index (χ0v) is 15.4. The van der Waals surface area contributed by atoms with Gasteiger partial charge in [0.15, 0.2) is 0 Å². The first-order valence-electron chi connectivity index (χ1n) is 7.39. The van der Waals surface area contributed by atoms with E-state index in [9.17, 15) is 44.3 Å². The molecule has 0 aliphatic heterocycles. The van der Waals surface area contributed by atoms with Crippen molar-refractivity contribution in [2.75, 3.05) is 26.4 Å². The third kappa shape index (κ3) is 13.8. The molecule has 0 heterocycles. The highest BCUT2D eigenvalue weighted by atomic mass is 28.4. The van der Waals surface area contributed by atoms with E-state index < -0.39 is 72.2 Å². The zero-order valence-electron chi connectivity index (χ0n) is 14.4. The van der Waals surface area contributed by atoms with Crippen LogP contribution in [0, 0.1) is 0 Å². The van der Waals surface area contributed by atoms with Gasteiger partial charge in [-0.05, 0) is 13.3 Å². The van der Waals surface area contributed by atoms with Crippen LogP contribution in [-0.4, -0.2) is 59.7 Å². The van der Waals surface area contributed by atoms with Gasteiger partial charge in [0.25, 0.3) is 0 Å². The molecular formula is C13H17F9O5Si. The van der Waals surface area contributed by atoms with Gasteiger partial charge in [0.1, 0.15) is 19.8 Å². The molecule has 28 heavy (non-hydrogen) atoms. The van der Waals surface area contributed by atoms with Gasteiger partial charge in [-0.25, -0.2) is 4.79 Å². The standard InChI is InChI=1S/C13H17F9O5Si/c1-9(2)10(23)24-4-3-5-28(25-6-11(14,15)16,26-7-12(17,18)19)27-8-13(20,21)22/h1,3-8H2,2H3. The monoisotopic (exact) mass is 452 g/mol. The normalized spacial score (nSPS) is 13.5. The molecule has 0 aromatic heterocycles. The van der Waals surface area contributed by atoms with Crippen molar-refractivity contribution in [3.8, 4) is 0 Å². The SMILES string of the molecule is C=C(C)C(=O)OCCC[Si](OCC(F)(F)F)(OCC(F)(F)F)OCC(F)(F)F. The molecule has 0 aliphatic carbocycles. The predicted molar refractivity (Wildman–Crippen MR) is 77.0 cm³/mol. The lowest BCUT2D eigenvalue weighted by molar-refractivity contribution is -0.194. The summed E-state index contributed by atoms with van der Waals surface area (Å²) in [6.07, 6.45) is -15.7. The minimum absolute atomic E-state index is 0.0431. The molecule has 0 saturated heterocycles. The van der Waals surface area contributed by atoms with Crippen molar-refractivity contribution in [2.24, 2.45) is 0 Å². The zero-order chi connectivity index (χ0) is 22.2. The van der Waals surface area contributed by atoms with E-state index in [0.717, 1.165) is 0 Å². The van der Waals surface area contributed by atoms with Crippen LogP contribution in [0.3, 0.4) is 0 Å². The molecule has 0 fully saturated rings. The van der Waals surface area contributed by atoms with Gasteiger partial charge < -0.3 is 18.0 Å². The largest absolute Gasteiger partial charge is 0.502 e. The Bertz CT molecular complexity index is 470. The van der Waals surface area contributed by atoms with E-state index in [1.54, 1.807) is 0 Å². The lowest BCUT2D eigenvalue weighted by atomic mass is 10.4. The third-order valence-electron chi connectivity index (χ3n) is 2.58. The second-order valence-corrected chi connectivity index (χ2v) is 8.15. The number of carbonyl (C=O) groups is 1. The molecule has 0 saturated carbocycles. The summed E-state index contributed by atoms with van der Waals surface area (Å²) < 4.78 is 129. The summed E-state index contributed by atoms with van der Waals surface area (Å²) in [7, 11) is -5.10. The lowest BCUT2D eigenvalue weighted by Gasteiger charge is -2.30. The highest BCUT2D eigenvalue weighted by Crippen LogP contribution is 2.28. The molecule has 0 aliphatic rings. The van der Waals surface area contributed by atoms with Crippen molar-refractivity contribution in [3.63, 3.8) is 0 Å². The van der Waals surface area contributed by atoms with Crippen molar-refractivity contribution in [2.45, 2.75) is 37.9 Å². The fourth-order valence-corrected chi connectivity index (χ4v) is 3.90. The fourth-order valence-electron chi connectivity index (χ4n) is 1.49. The first-order valence-corrected chi connectivity index (χ1v) is 9.33. The van der Waals surface area contributed by atoms with Crippen molar-refractivity contribution >= 4 is 14.8 Å². The van der Waals surface area contributed by atoms with Crippen LogP contribution < -0.4 is 0 Å². The Kier molecular flexibility index (Phi) is 9.96. The summed E-state index contributed by atoms with van der Waals surface area (Å²) >= 11 is 0. The van der Waals surface area contributed by atoms with Crippen LogP contribution in [0.15, 0.2) is 12.2 Å². The Morgan fingerprint density at radius 2 is 1.18 bits per heavy atom. The van der Waals surface area contributed by atoms with Gasteiger partial charge in [-0.1, -0.05) is 6.58 Å². The highest BCUT2D eigenvalue weighted by Gasteiger charge is 2.49. The summed E-state index contributed by atoms with van der Waals surface area (Å²) in [5, 5.41) is 0. The van der Waals surface area contributed by atoms with E-state index in [1.807, 2.05) is 0 Å². The molecule has 0 atom stereocenters. The summed E-state index contributed by atoms with van der Waals surface area (Å²) in [5.74, 6) is -0.907. The van der Waals surface area contributed by atoms with Crippen molar-refractivity contribution < 1.29 is 62.3 Å². The van der Waals surface area contributed by atoms with Crippen LogP contribution >= 0.6 is 0 Å². The Morgan fingerprint density at radius 3 is 1.46 bits per heavy atom. The Balaban J connectivity index is 5.28. The number of ether oxygens (including phenoxy) is 1. The maximum Gasteiger partial charge on any atom is 0.502 e. The van der Waals surface area contributed by atoms with E-state index in [-0.39, 0.29) is 5.57 Å². The molecule has 0 aromatic rings. The van der Waals surface area contributed by atoms with Gasteiger partial charge in [-0.2, -0.15) is 39.5 Å². The molecular weight excluding hydrogens is 435 g/mol. The molecule has 15 heteroatoms. The van der Waals surface area contributed by atoms with Gasteiger partial charge in [0.05, 0.1) is 6.61 Å². The molecule has 166 valence electrons. The highest BCUT2D eigenvalue weighted by molar-refractivity contribution is 6.60. The predicted octanol–water partition coefficient (Wildman–Crippen LogP) is 4.17. The van der Waals surface area contributed by atoms with Crippen LogP contribution in [-0.2, 0) is 22.8 Å². The average molecular weight is 452 g/mol. The van der Waals surface area contributed by atoms with E-state index >= 15 is 0 Å². The lowest BCUT2D eigenvalue weighted by Crippen LogP contribution is -2.51. The van der Waals surface area contributed by atoms with E-state index in [4.69, 9.17) is 0 Å². The smallest absolute Gasteiger partial charge is 0.462 e. The number of halogens is 9. The molecule has 0 unspecified atom stereocenters. The summed E-state index contributed by atoms with van der Waals surface area (Å²) in [5.41, 5.74) is -0.0431. The van der Waals surface area contributed by atoms with Gasteiger partial charge >= 0.3 is 33.3 Å². The first kappa shape index (κ1) is 26.7. The molecule has 0 N–H and O–H groups in total. The molecule has 0 spiro atoms. The molecule has 0 aromatic carbocycles. The Labute approximate surface area is 154 Å². The first-order chi connectivity index (χ1) is 12.4. The van der Waals surface area contributed by atoms with Crippen molar-refractivity contribution in [1.82, 2.24) is 0 Å². The van der Waals surface area contributed by atoms with Crippen LogP contribution in [0.1, 0.15) is 13.3 Å². The fraction of sp³-hybridized carbons (Fsp3) is 0.769. The number of esters is 1. The molecule has 0 rings (SSSR count). The topological polar surface area (TPSA) is 54.0 Å². The third-order valence-corrected chi connectivity index (χ3v) is 5.29. The van der Waals surface area contributed by atoms with Crippen molar-refractivity contribution in [1.29, 1.82) is 0 Å². The minimum Gasteiger partial charge on any atom is -0.462 e. The van der Waals surface area contributed by atoms with E-state index in [2.05, 4.69) is 24.6 Å². The van der Waals surface area contributed by atoms with Crippen LogP contribution in [0.4, 0.5) is 39.5 Å². The maximum absolute atomic E-state index is 12.4. The van der Waals surface area contributed by atoms with E-state index in [1.165, 1.54) is 6.92 Å². The number of hydrogen-bond donors (Lipinski definition) is 0. The second kappa shape index (κ2) is 10.5. The summed E-state index contributed by atoms with van der Waals surface area (Å²) in [6.45, 7) is -2.57. The van der Waals surface area contributed by atoms with Crippen LogP contribution in [0.5, 0.6) is 0 Å². The summed E-state index contributed by atoms with van der Waals surface area (Å²) in [6, 6.07) is -0.890.